The molecule has 4 nitrogen and oxygen atoms in total. The minimum Gasteiger partial charge on any atom is -0.344 e. The van der Waals surface area contributed by atoms with Gasteiger partial charge in [-0.25, -0.2) is 0 Å². The predicted octanol–water partition coefficient (Wildman–Crippen LogP) is 0.822. The van der Waals surface area contributed by atoms with E-state index in [1.165, 1.54) is 25.8 Å². The molecule has 0 aromatic carbocycles. The third-order valence-corrected chi connectivity index (χ3v) is 4.74. The monoisotopic (exact) mass is 251 g/mol. The van der Waals surface area contributed by atoms with Crippen LogP contribution in [0, 0.1) is 0 Å². The Bertz CT molecular complexity index is 329. The molecule has 1 saturated carbocycles. The molecule has 102 valence electrons. The second-order valence-corrected chi connectivity index (χ2v) is 6.39. The Hall–Kier alpha value is -0.610. The molecule has 18 heavy (non-hydrogen) atoms. The maximum Gasteiger partial charge on any atom is 0.222 e. The summed E-state index contributed by atoms with van der Waals surface area (Å²) in [5.74, 6) is 0.299. The van der Waals surface area contributed by atoms with Crippen molar-refractivity contribution >= 4 is 5.91 Å². The number of hydrogen-bond donors (Lipinski definition) is 1. The summed E-state index contributed by atoms with van der Waals surface area (Å²) in [4.78, 5) is 16.0. The molecule has 3 unspecified atom stereocenters. The lowest BCUT2D eigenvalue weighted by atomic mass is 10.0. The van der Waals surface area contributed by atoms with Crippen LogP contribution in [-0.2, 0) is 4.79 Å². The number of piperidine rings is 1. The Balaban J connectivity index is 1.50. The lowest BCUT2D eigenvalue weighted by Crippen LogP contribution is -2.50. The van der Waals surface area contributed by atoms with Crippen molar-refractivity contribution in [2.24, 2.45) is 0 Å². The van der Waals surface area contributed by atoms with Gasteiger partial charge in [0.15, 0.2) is 0 Å². The van der Waals surface area contributed by atoms with Crippen molar-refractivity contribution in [1.82, 2.24) is 15.1 Å². The molecule has 1 N–H and O–H groups in total. The van der Waals surface area contributed by atoms with E-state index in [1.807, 2.05) is 11.9 Å². The van der Waals surface area contributed by atoms with Gasteiger partial charge < -0.3 is 10.2 Å². The first kappa shape index (κ1) is 12.4. The third kappa shape index (κ3) is 2.54. The average Bonchev–Trinajstić information content (AvgIpc) is 3.09. The average molecular weight is 251 g/mol. The first-order chi connectivity index (χ1) is 8.63. The summed E-state index contributed by atoms with van der Waals surface area (Å²) in [6, 6.07) is 2.75. The van der Waals surface area contributed by atoms with Gasteiger partial charge >= 0.3 is 0 Å². The summed E-state index contributed by atoms with van der Waals surface area (Å²) in [7, 11) is 1.92. The molecule has 2 aliphatic heterocycles. The molecule has 0 spiro atoms. The van der Waals surface area contributed by atoms with E-state index < -0.39 is 0 Å². The summed E-state index contributed by atoms with van der Waals surface area (Å²) in [5, 5.41) is 3.78. The molecule has 1 amide bonds. The molecule has 1 aliphatic carbocycles. The fourth-order valence-corrected chi connectivity index (χ4v) is 3.57. The molecule has 0 aromatic rings. The van der Waals surface area contributed by atoms with E-state index in [0.717, 1.165) is 25.0 Å². The van der Waals surface area contributed by atoms with E-state index in [2.05, 4.69) is 17.1 Å². The zero-order chi connectivity index (χ0) is 12.7. The molecule has 2 saturated heterocycles. The van der Waals surface area contributed by atoms with Crippen molar-refractivity contribution in [2.45, 2.75) is 63.2 Å². The number of nitrogens with one attached hydrogen (secondary N) is 1. The highest BCUT2D eigenvalue weighted by molar-refractivity contribution is 5.76. The maximum atomic E-state index is 11.5. The fraction of sp³-hybridized carbons (Fsp3) is 0.929. The number of carbonyl (C=O) groups is 1. The summed E-state index contributed by atoms with van der Waals surface area (Å²) in [6.45, 7) is 4.45. The summed E-state index contributed by atoms with van der Waals surface area (Å²) in [6.07, 6.45) is 5.79. The zero-order valence-electron chi connectivity index (χ0n) is 11.6. The van der Waals surface area contributed by atoms with Gasteiger partial charge in [0.05, 0.1) is 0 Å². The number of rotatable bonds is 3. The Kier molecular flexibility index (Phi) is 3.32. The second-order valence-electron chi connectivity index (χ2n) is 6.39. The maximum absolute atomic E-state index is 11.5. The Morgan fingerprint density at radius 1 is 1.17 bits per heavy atom. The summed E-state index contributed by atoms with van der Waals surface area (Å²) >= 11 is 0. The topological polar surface area (TPSA) is 35.6 Å². The highest BCUT2D eigenvalue weighted by Gasteiger charge is 2.39. The normalized spacial score (nSPS) is 38.4. The lowest BCUT2D eigenvalue weighted by Gasteiger charge is -2.32. The van der Waals surface area contributed by atoms with Crippen molar-refractivity contribution in [3.63, 3.8) is 0 Å². The van der Waals surface area contributed by atoms with Crippen LogP contribution in [0.1, 0.15) is 39.0 Å². The fourth-order valence-electron chi connectivity index (χ4n) is 3.57. The molecule has 3 aliphatic rings. The minimum absolute atomic E-state index is 0.299. The van der Waals surface area contributed by atoms with Gasteiger partial charge in [-0.1, -0.05) is 0 Å². The van der Waals surface area contributed by atoms with E-state index in [0.29, 0.717) is 24.4 Å². The number of nitrogens with zero attached hydrogens (tertiary/aromatic N) is 2. The number of carbonyl (C=O) groups excluding carboxylic acids is 1. The number of amides is 1. The van der Waals surface area contributed by atoms with Crippen molar-refractivity contribution in [3.05, 3.63) is 0 Å². The Labute approximate surface area is 110 Å². The first-order valence-electron chi connectivity index (χ1n) is 7.39. The van der Waals surface area contributed by atoms with Gasteiger partial charge in [0.25, 0.3) is 0 Å². The largest absolute Gasteiger partial charge is 0.344 e. The summed E-state index contributed by atoms with van der Waals surface area (Å²) < 4.78 is 0. The van der Waals surface area contributed by atoms with Crippen molar-refractivity contribution in [1.29, 1.82) is 0 Å². The van der Waals surface area contributed by atoms with Gasteiger partial charge in [-0.2, -0.15) is 0 Å². The molecule has 4 heteroatoms. The highest BCUT2D eigenvalue weighted by atomic mass is 16.2. The molecule has 0 bridgehead atoms. The van der Waals surface area contributed by atoms with E-state index in [1.54, 1.807) is 0 Å². The van der Waals surface area contributed by atoms with Crippen molar-refractivity contribution in [3.8, 4) is 0 Å². The Morgan fingerprint density at radius 3 is 2.61 bits per heavy atom. The summed E-state index contributed by atoms with van der Waals surface area (Å²) in [5.41, 5.74) is 0. The Morgan fingerprint density at radius 2 is 1.94 bits per heavy atom. The van der Waals surface area contributed by atoms with Gasteiger partial charge in [0.2, 0.25) is 5.91 Å². The molecule has 0 radical (unpaired) electrons. The molecule has 3 atom stereocenters. The lowest BCUT2D eigenvalue weighted by molar-refractivity contribution is -0.132. The van der Waals surface area contributed by atoms with Crippen LogP contribution in [0.5, 0.6) is 0 Å². The van der Waals surface area contributed by atoms with Gasteiger partial charge in [-0.05, 0) is 32.6 Å². The number of likely N-dealkylation sites (N-methyl/N-ethyl adjacent to an activating group) is 1. The van der Waals surface area contributed by atoms with Crippen LogP contribution >= 0.6 is 0 Å². The van der Waals surface area contributed by atoms with Crippen molar-refractivity contribution < 1.29 is 4.79 Å². The van der Waals surface area contributed by atoms with Crippen LogP contribution in [0.15, 0.2) is 0 Å². The van der Waals surface area contributed by atoms with Crippen LogP contribution in [-0.4, -0.2) is 60.0 Å². The quantitative estimate of drug-likeness (QED) is 0.807. The minimum atomic E-state index is 0.299. The SMILES string of the molecule is CC1CC(NC2CCC(=O)N(C)C2)CN1C1CC1. The van der Waals surface area contributed by atoms with Crippen LogP contribution < -0.4 is 5.32 Å². The van der Waals surface area contributed by atoms with Crippen LogP contribution in [0.25, 0.3) is 0 Å². The van der Waals surface area contributed by atoms with Crippen molar-refractivity contribution in [2.75, 3.05) is 20.1 Å². The van der Waals surface area contributed by atoms with E-state index in [9.17, 15) is 4.79 Å². The molecule has 2 heterocycles. The third-order valence-electron chi connectivity index (χ3n) is 4.74. The van der Waals surface area contributed by atoms with Gasteiger partial charge in [-0.15, -0.1) is 0 Å². The van der Waals surface area contributed by atoms with Crippen LogP contribution in [0.2, 0.25) is 0 Å². The van der Waals surface area contributed by atoms with E-state index >= 15 is 0 Å². The number of likely N-dealkylation sites (tertiary alicyclic amines) is 2. The standard InChI is InChI=1S/C14H25N3O/c1-10-7-12(9-17(10)13-4-5-13)15-11-3-6-14(18)16(2)8-11/h10-13,15H,3-9H2,1-2H3. The van der Waals surface area contributed by atoms with Gasteiger partial charge in [0.1, 0.15) is 0 Å². The van der Waals surface area contributed by atoms with E-state index in [-0.39, 0.29) is 0 Å². The van der Waals surface area contributed by atoms with E-state index in [4.69, 9.17) is 0 Å². The molecule has 0 aromatic heterocycles. The van der Waals surface area contributed by atoms with Gasteiger partial charge in [-0.3, -0.25) is 9.69 Å². The molecule has 3 rings (SSSR count). The highest BCUT2D eigenvalue weighted by Crippen LogP contribution is 2.33. The predicted molar refractivity (Wildman–Crippen MR) is 71.4 cm³/mol. The molecular weight excluding hydrogens is 226 g/mol. The van der Waals surface area contributed by atoms with Crippen LogP contribution in [0.4, 0.5) is 0 Å². The molecular formula is C14H25N3O. The van der Waals surface area contributed by atoms with Gasteiger partial charge in [0, 0.05) is 50.7 Å². The van der Waals surface area contributed by atoms with Crippen LogP contribution in [0.3, 0.4) is 0 Å². The number of hydrogen-bond acceptors (Lipinski definition) is 3. The smallest absolute Gasteiger partial charge is 0.222 e. The molecule has 3 fully saturated rings. The first-order valence-corrected chi connectivity index (χ1v) is 7.39. The zero-order valence-corrected chi connectivity index (χ0v) is 11.6. The second kappa shape index (κ2) is 4.82.